The van der Waals surface area contributed by atoms with Gasteiger partial charge in [-0.15, -0.1) is 11.3 Å². The maximum atomic E-state index is 13.9. The number of fused-ring (bicyclic) bond motifs is 1. The van der Waals surface area contributed by atoms with Gasteiger partial charge in [0.15, 0.2) is 11.6 Å². The first kappa shape index (κ1) is 20.1. The van der Waals surface area contributed by atoms with Crippen molar-refractivity contribution in [1.82, 2.24) is 9.13 Å². The van der Waals surface area contributed by atoms with Crippen LogP contribution in [0.15, 0.2) is 27.8 Å². The van der Waals surface area contributed by atoms with Gasteiger partial charge in [-0.3, -0.25) is 13.9 Å². The number of rotatable bonds is 5. The fourth-order valence-corrected chi connectivity index (χ4v) is 4.44. The molecule has 28 heavy (non-hydrogen) atoms. The van der Waals surface area contributed by atoms with Gasteiger partial charge in [-0.2, -0.15) is 5.26 Å². The van der Waals surface area contributed by atoms with Gasteiger partial charge in [0.1, 0.15) is 4.70 Å². The summed E-state index contributed by atoms with van der Waals surface area (Å²) in [4.78, 5) is 26.3. The summed E-state index contributed by atoms with van der Waals surface area (Å²) in [5.74, 6) is -0.566. The lowest BCUT2D eigenvalue weighted by Crippen LogP contribution is -2.40. The number of hydrogen-bond acceptors (Lipinski definition) is 5. The molecule has 0 saturated heterocycles. The van der Waals surface area contributed by atoms with E-state index in [-0.39, 0.29) is 29.8 Å². The quantitative estimate of drug-likeness (QED) is 0.619. The van der Waals surface area contributed by atoms with Gasteiger partial charge in [0.2, 0.25) is 0 Å². The average molecular weight is 422 g/mol. The smallest absolute Gasteiger partial charge is 0.331 e. The van der Waals surface area contributed by atoms with Crippen LogP contribution >= 0.6 is 22.9 Å². The number of benzene rings is 1. The molecule has 146 valence electrons. The molecule has 0 fully saturated rings. The van der Waals surface area contributed by atoms with Gasteiger partial charge in [-0.1, -0.05) is 11.6 Å². The average Bonchev–Trinajstić information content (AvgIpc) is 3.07. The summed E-state index contributed by atoms with van der Waals surface area (Å²) in [7, 11) is 1.35. The van der Waals surface area contributed by atoms with Crippen molar-refractivity contribution in [2.24, 2.45) is 0 Å². The van der Waals surface area contributed by atoms with Gasteiger partial charge >= 0.3 is 5.69 Å². The SMILES string of the molecule is COc1cc(-c2cc3c(s2)c(=O)n(C(C)C)c(=O)n3CCC#N)c(Cl)cc1F. The standard InChI is InChI=1S/C19H17ClFN3O3S/c1-10(2)24-18(25)17-14(23(19(24)26)6-4-5-22)9-16(28-17)11-7-15(27-3)13(21)8-12(11)20/h7-10H,4,6H2,1-3H3. The third kappa shape index (κ3) is 3.32. The van der Waals surface area contributed by atoms with E-state index in [9.17, 15) is 14.0 Å². The number of nitriles is 1. The topological polar surface area (TPSA) is 77.0 Å². The molecule has 2 heterocycles. The molecule has 0 N–H and O–H groups in total. The van der Waals surface area contributed by atoms with E-state index in [0.29, 0.717) is 20.7 Å². The lowest BCUT2D eigenvalue weighted by Gasteiger charge is -2.13. The highest BCUT2D eigenvalue weighted by molar-refractivity contribution is 7.22. The van der Waals surface area contributed by atoms with Gasteiger partial charge < -0.3 is 4.74 Å². The van der Waals surface area contributed by atoms with E-state index in [2.05, 4.69) is 0 Å². The van der Waals surface area contributed by atoms with Gasteiger partial charge in [0, 0.05) is 23.0 Å². The van der Waals surface area contributed by atoms with Crippen LogP contribution in [-0.2, 0) is 6.54 Å². The van der Waals surface area contributed by atoms with Crippen LogP contribution < -0.4 is 16.0 Å². The summed E-state index contributed by atoms with van der Waals surface area (Å²) >= 11 is 7.38. The molecule has 3 aromatic rings. The van der Waals surface area contributed by atoms with E-state index in [0.717, 1.165) is 6.07 Å². The van der Waals surface area contributed by atoms with Gasteiger partial charge in [0.25, 0.3) is 5.56 Å². The van der Waals surface area contributed by atoms with E-state index < -0.39 is 17.1 Å². The summed E-state index contributed by atoms with van der Waals surface area (Å²) in [5, 5.41) is 9.10. The third-order valence-corrected chi connectivity index (χ3v) is 5.78. The molecule has 0 atom stereocenters. The molecular weight excluding hydrogens is 405 g/mol. The van der Waals surface area contributed by atoms with E-state index in [1.807, 2.05) is 6.07 Å². The lowest BCUT2D eigenvalue weighted by atomic mass is 10.1. The first-order chi connectivity index (χ1) is 13.3. The van der Waals surface area contributed by atoms with E-state index in [4.69, 9.17) is 21.6 Å². The molecule has 2 aromatic heterocycles. The zero-order valence-electron chi connectivity index (χ0n) is 15.5. The molecule has 0 aliphatic rings. The first-order valence-electron chi connectivity index (χ1n) is 8.49. The van der Waals surface area contributed by atoms with Crippen molar-refractivity contribution in [3.63, 3.8) is 0 Å². The summed E-state index contributed by atoms with van der Waals surface area (Å²) in [5.41, 5.74) is 0.0666. The maximum absolute atomic E-state index is 13.9. The number of ether oxygens (including phenoxy) is 1. The van der Waals surface area contributed by atoms with Crippen molar-refractivity contribution in [3.05, 3.63) is 49.9 Å². The summed E-state index contributed by atoms with van der Waals surface area (Å²) < 4.78 is 21.9. The van der Waals surface area contributed by atoms with Crippen LogP contribution in [0.1, 0.15) is 26.3 Å². The Hall–Kier alpha value is -2.63. The highest BCUT2D eigenvalue weighted by Gasteiger charge is 2.20. The minimum atomic E-state index is -0.592. The van der Waals surface area contributed by atoms with E-state index in [1.54, 1.807) is 19.9 Å². The minimum Gasteiger partial charge on any atom is -0.494 e. The Kier molecular flexibility index (Phi) is 5.59. The Labute approximate surface area is 169 Å². The molecule has 1 aromatic carbocycles. The van der Waals surface area contributed by atoms with Crippen molar-refractivity contribution < 1.29 is 9.13 Å². The molecule has 0 radical (unpaired) electrons. The summed E-state index contributed by atoms with van der Waals surface area (Å²) in [6.45, 7) is 3.66. The van der Waals surface area contributed by atoms with Crippen molar-refractivity contribution in [2.45, 2.75) is 32.9 Å². The number of halogens is 2. The van der Waals surface area contributed by atoms with Gasteiger partial charge in [0.05, 0.1) is 30.1 Å². The number of thiophene rings is 1. The summed E-state index contributed by atoms with van der Waals surface area (Å²) in [6, 6.07) is 5.96. The first-order valence-corrected chi connectivity index (χ1v) is 9.68. The molecule has 0 unspecified atom stereocenters. The second-order valence-electron chi connectivity index (χ2n) is 6.40. The second kappa shape index (κ2) is 7.78. The van der Waals surface area contributed by atoms with E-state index in [1.165, 1.54) is 33.6 Å². The van der Waals surface area contributed by atoms with Crippen molar-refractivity contribution in [2.75, 3.05) is 7.11 Å². The molecule has 0 amide bonds. The number of hydrogen-bond donors (Lipinski definition) is 0. The molecule has 9 heteroatoms. The zero-order chi connectivity index (χ0) is 20.6. The van der Waals surface area contributed by atoms with E-state index >= 15 is 0 Å². The minimum absolute atomic E-state index is 0.0262. The van der Waals surface area contributed by atoms with Gasteiger partial charge in [-0.25, -0.2) is 9.18 Å². The van der Waals surface area contributed by atoms with Crippen molar-refractivity contribution >= 4 is 33.2 Å². The normalized spacial score (nSPS) is 11.2. The Bertz CT molecular complexity index is 1220. The maximum Gasteiger partial charge on any atom is 0.331 e. The second-order valence-corrected chi connectivity index (χ2v) is 7.86. The lowest BCUT2D eigenvalue weighted by molar-refractivity contribution is 0.387. The largest absolute Gasteiger partial charge is 0.494 e. The molecule has 0 bridgehead atoms. The Balaban J connectivity index is 2.35. The number of aromatic nitrogens is 2. The predicted molar refractivity (Wildman–Crippen MR) is 108 cm³/mol. The molecule has 6 nitrogen and oxygen atoms in total. The van der Waals surface area contributed by atoms with Crippen molar-refractivity contribution in [1.29, 1.82) is 5.26 Å². The monoisotopic (exact) mass is 421 g/mol. The number of aryl methyl sites for hydroxylation is 1. The molecule has 0 spiro atoms. The van der Waals surface area contributed by atoms with Crippen LogP contribution in [0.25, 0.3) is 20.7 Å². The Morgan fingerprint density at radius 2 is 2.04 bits per heavy atom. The fourth-order valence-electron chi connectivity index (χ4n) is 3.00. The van der Waals surface area contributed by atoms with Crippen LogP contribution in [0.3, 0.4) is 0 Å². The van der Waals surface area contributed by atoms with Crippen LogP contribution in [0.2, 0.25) is 5.02 Å². The highest BCUT2D eigenvalue weighted by Crippen LogP contribution is 2.38. The molecular formula is C19H17ClFN3O3S. The molecule has 0 aliphatic carbocycles. The number of methoxy groups -OCH3 is 1. The summed E-state index contributed by atoms with van der Waals surface area (Å²) in [6.07, 6.45) is 0.127. The molecule has 0 saturated carbocycles. The van der Waals surface area contributed by atoms with Crippen LogP contribution in [0, 0.1) is 17.1 Å². The Morgan fingerprint density at radius 3 is 2.64 bits per heavy atom. The molecule has 3 rings (SSSR count). The van der Waals surface area contributed by atoms with Gasteiger partial charge in [-0.05, 0) is 32.0 Å². The van der Waals surface area contributed by atoms with Crippen LogP contribution in [-0.4, -0.2) is 16.2 Å². The fraction of sp³-hybridized carbons (Fsp3) is 0.316. The zero-order valence-corrected chi connectivity index (χ0v) is 17.0. The Morgan fingerprint density at radius 1 is 1.32 bits per heavy atom. The molecule has 0 aliphatic heterocycles. The van der Waals surface area contributed by atoms with Crippen molar-refractivity contribution in [3.8, 4) is 22.3 Å². The van der Waals surface area contributed by atoms with Crippen LogP contribution in [0.4, 0.5) is 4.39 Å². The highest BCUT2D eigenvalue weighted by atomic mass is 35.5. The van der Waals surface area contributed by atoms with Crippen LogP contribution in [0.5, 0.6) is 5.75 Å². The predicted octanol–water partition coefficient (Wildman–Crippen LogP) is 4.19. The third-order valence-electron chi connectivity index (χ3n) is 4.32. The number of nitrogens with zero attached hydrogens (tertiary/aromatic N) is 3.